The van der Waals surface area contributed by atoms with Gasteiger partial charge in [0.25, 0.3) is 0 Å². The highest BCUT2D eigenvalue weighted by Gasteiger charge is 2.17. The smallest absolute Gasteiger partial charge is 0.224 e. The second kappa shape index (κ2) is 9.14. The first-order valence-corrected chi connectivity index (χ1v) is 8.23. The highest BCUT2D eigenvalue weighted by molar-refractivity contribution is 5.92. The summed E-state index contributed by atoms with van der Waals surface area (Å²) in [5.41, 5.74) is 0.475. The molecule has 0 atom stereocenters. The van der Waals surface area contributed by atoms with Gasteiger partial charge in [-0.15, -0.1) is 12.4 Å². The zero-order chi connectivity index (χ0) is 16.0. The van der Waals surface area contributed by atoms with Crippen LogP contribution in [0.25, 0.3) is 0 Å². The van der Waals surface area contributed by atoms with Crippen molar-refractivity contribution in [1.82, 2.24) is 5.32 Å². The maximum atomic E-state index is 12.2. The third-order valence-electron chi connectivity index (χ3n) is 3.82. The number of para-hydroxylation sites is 2. The van der Waals surface area contributed by atoms with Gasteiger partial charge < -0.3 is 15.4 Å². The van der Waals surface area contributed by atoms with E-state index in [1.54, 1.807) is 0 Å². The van der Waals surface area contributed by atoms with E-state index in [1.165, 1.54) is 12.8 Å². The van der Waals surface area contributed by atoms with Crippen LogP contribution >= 0.6 is 12.4 Å². The number of hydrogen-bond acceptors (Lipinski definition) is 3. The Balaban J connectivity index is 0.00000264. The minimum absolute atomic E-state index is 0. The summed E-state index contributed by atoms with van der Waals surface area (Å²) in [6.45, 7) is 8.16. The van der Waals surface area contributed by atoms with Crippen LogP contribution in [-0.2, 0) is 4.79 Å². The molecule has 0 radical (unpaired) electrons. The van der Waals surface area contributed by atoms with Crippen LogP contribution < -0.4 is 15.4 Å². The highest BCUT2D eigenvalue weighted by atomic mass is 35.5. The first kappa shape index (κ1) is 19.8. The Morgan fingerprint density at radius 3 is 2.57 bits per heavy atom. The van der Waals surface area contributed by atoms with Crippen LogP contribution in [0.15, 0.2) is 24.3 Å². The molecule has 0 aliphatic carbocycles. The Morgan fingerprint density at radius 2 is 1.91 bits per heavy atom. The second-order valence-electron chi connectivity index (χ2n) is 6.99. The zero-order valence-corrected chi connectivity index (χ0v) is 15.2. The molecular formula is C18H29ClN2O2. The average Bonchev–Trinajstić information content (AvgIpc) is 2.47. The van der Waals surface area contributed by atoms with Gasteiger partial charge >= 0.3 is 0 Å². The maximum Gasteiger partial charge on any atom is 0.224 e. The lowest BCUT2D eigenvalue weighted by molar-refractivity contribution is -0.116. The number of halogens is 1. The number of carbonyl (C=O) groups is 1. The Bertz CT molecular complexity index is 494. The number of ether oxygens (including phenoxy) is 1. The van der Waals surface area contributed by atoms with Crippen molar-refractivity contribution in [3.05, 3.63) is 24.3 Å². The summed E-state index contributed by atoms with van der Waals surface area (Å²) in [6.07, 6.45) is 3.90. The van der Waals surface area contributed by atoms with Crippen molar-refractivity contribution < 1.29 is 9.53 Å². The lowest BCUT2D eigenvalue weighted by Crippen LogP contribution is -2.28. The summed E-state index contributed by atoms with van der Waals surface area (Å²) in [5, 5.41) is 6.35. The summed E-state index contributed by atoms with van der Waals surface area (Å²) in [5.74, 6) is 1.47. The third kappa shape index (κ3) is 7.23. The second-order valence-corrected chi connectivity index (χ2v) is 6.99. The number of piperidine rings is 1. The van der Waals surface area contributed by atoms with Crippen molar-refractivity contribution in [2.45, 2.75) is 52.1 Å². The first-order chi connectivity index (χ1) is 10.4. The molecule has 0 aromatic heterocycles. The molecule has 0 unspecified atom stereocenters. The van der Waals surface area contributed by atoms with Gasteiger partial charge in [-0.2, -0.15) is 0 Å². The Labute approximate surface area is 145 Å². The van der Waals surface area contributed by atoms with Gasteiger partial charge in [-0.1, -0.05) is 12.1 Å². The third-order valence-corrected chi connectivity index (χ3v) is 3.82. The molecule has 5 heteroatoms. The van der Waals surface area contributed by atoms with Gasteiger partial charge in [0.1, 0.15) is 11.4 Å². The Kier molecular flexibility index (Phi) is 7.86. The molecule has 2 rings (SSSR count). The number of anilines is 1. The molecule has 0 bridgehead atoms. The fraction of sp³-hybridized carbons (Fsp3) is 0.611. The van der Waals surface area contributed by atoms with Crippen molar-refractivity contribution in [3.63, 3.8) is 0 Å². The van der Waals surface area contributed by atoms with Gasteiger partial charge in [0.15, 0.2) is 0 Å². The molecule has 1 aliphatic heterocycles. The van der Waals surface area contributed by atoms with Crippen molar-refractivity contribution in [3.8, 4) is 5.75 Å². The fourth-order valence-electron chi connectivity index (χ4n) is 2.71. The van der Waals surface area contributed by atoms with Crippen molar-refractivity contribution in [2.24, 2.45) is 5.92 Å². The van der Waals surface area contributed by atoms with Gasteiger partial charge in [0.2, 0.25) is 5.91 Å². The lowest BCUT2D eigenvalue weighted by atomic mass is 9.93. The molecule has 1 heterocycles. The van der Waals surface area contributed by atoms with E-state index in [1.807, 2.05) is 45.0 Å². The van der Waals surface area contributed by atoms with Crippen molar-refractivity contribution >= 4 is 24.0 Å². The molecule has 130 valence electrons. The summed E-state index contributed by atoms with van der Waals surface area (Å²) < 4.78 is 5.91. The van der Waals surface area contributed by atoms with Gasteiger partial charge in [-0.05, 0) is 71.2 Å². The number of rotatable bonds is 5. The number of hydrogen-bond donors (Lipinski definition) is 2. The highest BCUT2D eigenvalue weighted by Crippen LogP contribution is 2.28. The van der Waals surface area contributed by atoms with Gasteiger partial charge in [-0.25, -0.2) is 0 Å². The SMILES string of the molecule is CC(C)(C)Oc1ccccc1NC(=O)CCC1CCNCC1.Cl. The molecule has 0 saturated carbocycles. The lowest BCUT2D eigenvalue weighted by Gasteiger charge is -2.24. The van der Waals surface area contributed by atoms with Crippen LogP contribution in [-0.4, -0.2) is 24.6 Å². The van der Waals surface area contributed by atoms with Crippen molar-refractivity contribution in [1.29, 1.82) is 0 Å². The molecule has 1 aromatic rings. The molecule has 23 heavy (non-hydrogen) atoms. The molecule has 1 saturated heterocycles. The van der Waals surface area contributed by atoms with E-state index in [4.69, 9.17) is 4.74 Å². The predicted octanol–water partition coefficient (Wildman–Crippen LogP) is 4.00. The molecule has 0 spiro atoms. The van der Waals surface area contributed by atoms with E-state index in [-0.39, 0.29) is 23.9 Å². The maximum absolute atomic E-state index is 12.2. The molecule has 4 nitrogen and oxygen atoms in total. The van der Waals surface area contributed by atoms with E-state index in [0.717, 1.165) is 30.9 Å². The Morgan fingerprint density at radius 1 is 1.26 bits per heavy atom. The number of nitrogens with one attached hydrogen (secondary N) is 2. The largest absolute Gasteiger partial charge is 0.486 e. The molecule has 1 fully saturated rings. The van der Waals surface area contributed by atoms with Crippen LogP contribution in [0.3, 0.4) is 0 Å². The molecule has 2 N–H and O–H groups in total. The number of carbonyl (C=O) groups excluding carboxylic acids is 1. The van der Waals surface area contributed by atoms with E-state index in [0.29, 0.717) is 12.3 Å². The van der Waals surface area contributed by atoms with Crippen LogP contribution in [0.2, 0.25) is 0 Å². The minimum atomic E-state index is -0.282. The number of benzene rings is 1. The van der Waals surface area contributed by atoms with E-state index in [2.05, 4.69) is 10.6 Å². The van der Waals surface area contributed by atoms with Gasteiger partial charge in [-0.3, -0.25) is 4.79 Å². The van der Waals surface area contributed by atoms with Crippen LogP contribution in [0, 0.1) is 5.92 Å². The number of amides is 1. The summed E-state index contributed by atoms with van der Waals surface area (Å²) >= 11 is 0. The summed E-state index contributed by atoms with van der Waals surface area (Å²) in [4.78, 5) is 12.2. The van der Waals surface area contributed by atoms with Gasteiger partial charge in [0.05, 0.1) is 5.69 Å². The first-order valence-electron chi connectivity index (χ1n) is 8.23. The molecule has 1 amide bonds. The molecule has 1 aromatic carbocycles. The average molecular weight is 341 g/mol. The van der Waals surface area contributed by atoms with E-state index >= 15 is 0 Å². The van der Waals surface area contributed by atoms with Crippen LogP contribution in [0.4, 0.5) is 5.69 Å². The van der Waals surface area contributed by atoms with Crippen LogP contribution in [0.1, 0.15) is 46.5 Å². The fourth-order valence-corrected chi connectivity index (χ4v) is 2.71. The summed E-state index contributed by atoms with van der Waals surface area (Å²) in [6, 6.07) is 7.63. The molecule has 1 aliphatic rings. The van der Waals surface area contributed by atoms with E-state index < -0.39 is 0 Å². The Hall–Kier alpha value is -1.26. The molecular weight excluding hydrogens is 312 g/mol. The van der Waals surface area contributed by atoms with Gasteiger partial charge in [0, 0.05) is 6.42 Å². The predicted molar refractivity (Wildman–Crippen MR) is 97.5 cm³/mol. The minimum Gasteiger partial charge on any atom is -0.486 e. The van der Waals surface area contributed by atoms with Crippen molar-refractivity contribution in [2.75, 3.05) is 18.4 Å². The topological polar surface area (TPSA) is 50.4 Å². The van der Waals surface area contributed by atoms with Crippen LogP contribution in [0.5, 0.6) is 5.75 Å². The standard InChI is InChI=1S/C18H28N2O2.ClH/c1-18(2,3)22-16-7-5-4-6-15(16)20-17(21)9-8-14-10-12-19-13-11-14;/h4-7,14,19H,8-13H2,1-3H3,(H,20,21);1H. The quantitative estimate of drug-likeness (QED) is 0.851. The normalized spacial score (nSPS) is 15.6. The summed E-state index contributed by atoms with van der Waals surface area (Å²) in [7, 11) is 0. The van der Waals surface area contributed by atoms with E-state index in [9.17, 15) is 4.79 Å². The zero-order valence-electron chi connectivity index (χ0n) is 14.4. The monoisotopic (exact) mass is 340 g/mol.